The van der Waals surface area contributed by atoms with Crippen LogP contribution in [0.25, 0.3) is 0 Å². The molecule has 2 heterocycles. The van der Waals surface area contributed by atoms with E-state index in [-0.39, 0.29) is 23.8 Å². The minimum absolute atomic E-state index is 0.0526. The number of anilines is 1. The number of piperidine rings is 1. The Morgan fingerprint density at radius 2 is 1.40 bits per heavy atom. The van der Waals surface area contributed by atoms with Gasteiger partial charge in [-0.3, -0.25) is 9.59 Å². The van der Waals surface area contributed by atoms with Gasteiger partial charge in [0.25, 0.3) is 5.91 Å². The Kier molecular flexibility index (Phi) is 8.02. The molecule has 4 rings (SSSR count). The van der Waals surface area contributed by atoms with Gasteiger partial charge in [0.2, 0.25) is 5.91 Å². The molecular formula is C27H34N4O4. The van der Waals surface area contributed by atoms with Crippen LogP contribution in [-0.4, -0.2) is 73.1 Å². The lowest BCUT2D eigenvalue weighted by atomic mass is 9.88. The molecule has 0 spiro atoms. The van der Waals surface area contributed by atoms with E-state index in [2.05, 4.69) is 10.6 Å². The Morgan fingerprint density at radius 3 is 2.00 bits per heavy atom. The molecule has 2 aliphatic rings. The van der Waals surface area contributed by atoms with Crippen LogP contribution in [0.1, 0.15) is 34.3 Å². The first-order valence-electron chi connectivity index (χ1n) is 12.3. The quantitative estimate of drug-likeness (QED) is 0.691. The second-order valence-electron chi connectivity index (χ2n) is 9.38. The Balaban J connectivity index is 1.41. The second-order valence-corrected chi connectivity index (χ2v) is 9.38. The second kappa shape index (κ2) is 11.4. The Bertz CT molecular complexity index is 1020. The summed E-state index contributed by atoms with van der Waals surface area (Å²) in [6, 6.07) is 14.2. The van der Waals surface area contributed by atoms with E-state index in [1.807, 2.05) is 50.2 Å². The molecule has 0 bridgehead atoms. The van der Waals surface area contributed by atoms with Crippen LogP contribution in [-0.2, 0) is 9.53 Å². The molecule has 2 N–H and O–H groups in total. The SMILES string of the molecule is Cc1ccc(NC(=O)N2CCC([C@H](NC(=O)c3ccc(C)cc3)C(=O)N3CCOCC3)CC2)cc1. The molecule has 2 aromatic rings. The van der Waals surface area contributed by atoms with Crippen LogP contribution in [0.2, 0.25) is 0 Å². The van der Waals surface area contributed by atoms with Crippen molar-refractivity contribution in [2.45, 2.75) is 32.7 Å². The fraction of sp³-hybridized carbons (Fsp3) is 0.444. The maximum absolute atomic E-state index is 13.5. The number of benzene rings is 2. The van der Waals surface area contributed by atoms with Gasteiger partial charge in [-0.1, -0.05) is 35.4 Å². The maximum atomic E-state index is 13.5. The molecule has 2 aromatic carbocycles. The zero-order chi connectivity index (χ0) is 24.8. The molecule has 35 heavy (non-hydrogen) atoms. The third kappa shape index (κ3) is 6.39. The zero-order valence-electron chi connectivity index (χ0n) is 20.5. The van der Waals surface area contributed by atoms with Crippen molar-refractivity contribution in [1.29, 1.82) is 0 Å². The normalized spacial score (nSPS) is 17.5. The minimum Gasteiger partial charge on any atom is -0.378 e. The highest BCUT2D eigenvalue weighted by Crippen LogP contribution is 2.24. The van der Waals surface area contributed by atoms with Crippen LogP contribution in [0.5, 0.6) is 0 Å². The number of rotatable bonds is 5. The van der Waals surface area contributed by atoms with Crippen molar-refractivity contribution in [3.05, 3.63) is 65.2 Å². The number of morpholine rings is 1. The van der Waals surface area contributed by atoms with Gasteiger partial charge in [0.15, 0.2) is 0 Å². The highest BCUT2D eigenvalue weighted by atomic mass is 16.5. The van der Waals surface area contributed by atoms with E-state index in [0.717, 1.165) is 16.8 Å². The van der Waals surface area contributed by atoms with E-state index in [4.69, 9.17) is 4.74 Å². The van der Waals surface area contributed by atoms with Crippen LogP contribution in [0.15, 0.2) is 48.5 Å². The minimum atomic E-state index is -0.635. The van der Waals surface area contributed by atoms with Gasteiger partial charge in [-0.15, -0.1) is 0 Å². The maximum Gasteiger partial charge on any atom is 0.321 e. The van der Waals surface area contributed by atoms with Gasteiger partial charge in [0.1, 0.15) is 6.04 Å². The summed E-state index contributed by atoms with van der Waals surface area (Å²) >= 11 is 0. The molecule has 0 radical (unpaired) electrons. The number of nitrogens with zero attached hydrogens (tertiary/aromatic N) is 2. The first kappa shape index (κ1) is 24.7. The molecule has 0 aromatic heterocycles. The van der Waals surface area contributed by atoms with Gasteiger partial charge in [-0.05, 0) is 56.9 Å². The number of carbonyl (C=O) groups excluding carboxylic acids is 3. The number of nitrogens with one attached hydrogen (secondary N) is 2. The third-order valence-corrected chi connectivity index (χ3v) is 6.79. The fourth-order valence-electron chi connectivity index (χ4n) is 4.57. The van der Waals surface area contributed by atoms with Gasteiger partial charge in [0.05, 0.1) is 13.2 Å². The first-order chi connectivity index (χ1) is 16.9. The van der Waals surface area contributed by atoms with Crippen molar-refractivity contribution in [3.63, 3.8) is 0 Å². The zero-order valence-corrected chi connectivity index (χ0v) is 20.5. The highest BCUT2D eigenvalue weighted by molar-refractivity contribution is 5.97. The molecule has 0 unspecified atom stereocenters. The highest BCUT2D eigenvalue weighted by Gasteiger charge is 2.36. The summed E-state index contributed by atoms with van der Waals surface area (Å²) in [5.41, 5.74) is 3.49. The molecule has 1 atom stereocenters. The lowest BCUT2D eigenvalue weighted by molar-refractivity contribution is -0.139. The molecule has 8 heteroatoms. The van der Waals surface area contributed by atoms with Gasteiger partial charge in [-0.2, -0.15) is 0 Å². The van der Waals surface area contributed by atoms with Gasteiger partial charge < -0.3 is 25.2 Å². The largest absolute Gasteiger partial charge is 0.378 e. The van der Waals surface area contributed by atoms with Crippen molar-refractivity contribution in [2.75, 3.05) is 44.7 Å². The summed E-state index contributed by atoms with van der Waals surface area (Å²) in [5.74, 6) is -0.379. The molecule has 4 amide bonds. The molecule has 186 valence electrons. The van der Waals surface area contributed by atoms with E-state index in [1.165, 1.54) is 0 Å². The standard InChI is InChI=1S/C27H34N4O4/c1-19-3-7-22(8-4-19)25(32)29-24(26(33)30-15-17-35-18-16-30)21-11-13-31(14-12-21)27(34)28-23-9-5-20(2)6-10-23/h3-10,21,24H,11-18H2,1-2H3,(H,28,34)(H,29,32)/t24-/m0/s1. The summed E-state index contributed by atoms with van der Waals surface area (Å²) in [5, 5.41) is 5.96. The van der Waals surface area contributed by atoms with E-state index in [1.54, 1.807) is 21.9 Å². The van der Waals surface area contributed by atoms with Crippen LogP contribution in [0.3, 0.4) is 0 Å². The molecule has 0 aliphatic carbocycles. The monoisotopic (exact) mass is 478 g/mol. The number of hydrogen-bond acceptors (Lipinski definition) is 4. The van der Waals surface area contributed by atoms with E-state index < -0.39 is 6.04 Å². The summed E-state index contributed by atoms with van der Waals surface area (Å²) in [4.78, 5) is 42.8. The van der Waals surface area contributed by atoms with Crippen molar-refractivity contribution >= 4 is 23.5 Å². The van der Waals surface area contributed by atoms with Crippen LogP contribution in [0, 0.1) is 19.8 Å². The van der Waals surface area contributed by atoms with E-state index in [0.29, 0.717) is 57.8 Å². The van der Waals surface area contributed by atoms with E-state index >= 15 is 0 Å². The van der Waals surface area contributed by atoms with Gasteiger partial charge >= 0.3 is 6.03 Å². The van der Waals surface area contributed by atoms with Crippen LogP contribution >= 0.6 is 0 Å². The smallest absolute Gasteiger partial charge is 0.321 e. The third-order valence-electron chi connectivity index (χ3n) is 6.79. The molecule has 2 aliphatic heterocycles. The lowest BCUT2D eigenvalue weighted by Gasteiger charge is -2.38. The molecular weight excluding hydrogens is 444 g/mol. The summed E-state index contributed by atoms with van der Waals surface area (Å²) in [7, 11) is 0. The average Bonchev–Trinajstić information content (AvgIpc) is 2.89. The number of carbonyl (C=O) groups is 3. The lowest BCUT2D eigenvalue weighted by Crippen LogP contribution is -2.56. The van der Waals surface area contributed by atoms with Crippen molar-refractivity contribution in [3.8, 4) is 0 Å². The number of aryl methyl sites for hydroxylation is 2. The number of amides is 4. The number of ether oxygens (including phenoxy) is 1. The number of hydrogen-bond donors (Lipinski definition) is 2. The Morgan fingerprint density at radius 1 is 0.829 bits per heavy atom. The fourth-order valence-corrected chi connectivity index (χ4v) is 4.57. The first-order valence-corrected chi connectivity index (χ1v) is 12.3. The predicted octanol–water partition coefficient (Wildman–Crippen LogP) is 3.20. The number of urea groups is 1. The predicted molar refractivity (Wildman–Crippen MR) is 134 cm³/mol. The summed E-state index contributed by atoms with van der Waals surface area (Å²) in [6.45, 7) is 7.06. The van der Waals surface area contributed by atoms with Gasteiger partial charge in [0, 0.05) is 37.4 Å². The van der Waals surface area contributed by atoms with Crippen molar-refractivity contribution < 1.29 is 19.1 Å². The molecule has 8 nitrogen and oxygen atoms in total. The van der Waals surface area contributed by atoms with Crippen molar-refractivity contribution in [1.82, 2.24) is 15.1 Å². The molecule has 2 fully saturated rings. The summed E-state index contributed by atoms with van der Waals surface area (Å²) < 4.78 is 5.40. The Labute approximate surface area is 206 Å². The number of likely N-dealkylation sites (tertiary alicyclic amines) is 1. The van der Waals surface area contributed by atoms with Crippen LogP contribution < -0.4 is 10.6 Å². The topological polar surface area (TPSA) is 91.0 Å². The Hall–Kier alpha value is -3.39. The average molecular weight is 479 g/mol. The molecule has 2 saturated heterocycles. The summed E-state index contributed by atoms with van der Waals surface area (Å²) in [6.07, 6.45) is 1.27. The van der Waals surface area contributed by atoms with Crippen molar-refractivity contribution in [2.24, 2.45) is 5.92 Å². The van der Waals surface area contributed by atoms with Gasteiger partial charge in [-0.25, -0.2) is 4.79 Å². The van der Waals surface area contributed by atoms with Crippen LogP contribution in [0.4, 0.5) is 10.5 Å². The van der Waals surface area contributed by atoms with E-state index in [9.17, 15) is 14.4 Å². The molecule has 0 saturated carbocycles.